The van der Waals surface area contributed by atoms with Crippen LogP contribution in [0.25, 0.3) is 22.0 Å². The van der Waals surface area contributed by atoms with Gasteiger partial charge in [-0.1, -0.05) is 52.8 Å². The molecule has 0 aliphatic carbocycles. The van der Waals surface area contributed by atoms with E-state index in [9.17, 15) is 0 Å². The van der Waals surface area contributed by atoms with Gasteiger partial charge in [0.25, 0.3) is 0 Å². The number of aryl methyl sites for hydroxylation is 1. The fraction of sp³-hybridized carbons (Fsp3) is 0.423. The van der Waals surface area contributed by atoms with E-state index in [1.807, 2.05) is 0 Å². The first-order valence-electron chi connectivity index (χ1n) is 10.5. The molecule has 3 rings (SSSR count). The van der Waals surface area contributed by atoms with Crippen molar-refractivity contribution in [3.05, 3.63) is 64.3 Å². The van der Waals surface area contributed by atoms with E-state index in [1.54, 1.807) is 0 Å². The van der Waals surface area contributed by atoms with Gasteiger partial charge >= 0.3 is 0 Å². The number of pyridine rings is 1. The van der Waals surface area contributed by atoms with Crippen LogP contribution in [-0.2, 0) is 12.5 Å². The zero-order valence-corrected chi connectivity index (χ0v) is 18.4. The SMILES string of the molecule is [2H]c1c(C)[n+](C)c(-c2cc(C(C)(C)C)cc(C)c2C)c2cc(C(C)C)ccc12. The molecule has 0 saturated heterocycles. The van der Waals surface area contributed by atoms with Gasteiger partial charge < -0.3 is 0 Å². The average molecular weight is 362 g/mol. The minimum atomic E-state index is 0.0923. The van der Waals surface area contributed by atoms with Gasteiger partial charge in [-0.25, -0.2) is 0 Å². The van der Waals surface area contributed by atoms with Gasteiger partial charge in [0.15, 0.2) is 5.69 Å². The van der Waals surface area contributed by atoms with Crippen molar-refractivity contribution in [1.29, 1.82) is 0 Å². The molecular weight excluding hydrogens is 326 g/mol. The lowest BCUT2D eigenvalue weighted by molar-refractivity contribution is -0.665. The monoisotopic (exact) mass is 361 g/mol. The van der Waals surface area contributed by atoms with Gasteiger partial charge in [0.1, 0.15) is 7.05 Å². The molecule has 0 amide bonds. The molecule has 0 aliphatic rings. The second-order valence-corrected chi connectivity index (χ2v) is 9.29. The smallest absolute Gasteiger partial charge is 0.198 e. The Balaban J connectivity index is 2.50. The van der Waals surface area contributed by atoms with Crippen LogP contribution in [0.2, 0.25) is 0 Å². The van der Waals surface area contributed by atoms with Crippen molar-refractivity contribution in [3.63, 3.8) is 0 Å². The molecule has 0 fully saturated rings. The van der Waals surface area contributed by atoms with Crippen molar-refractivity contribution in [3.8, 4) is 11.3 Å². The maximum Gasteiger partial charge on any atom is 0.220 e. The highest BCUT2D eigenvalue weighted by Gasteiger charge is 2.24. The van der Waals surface area contributed by atoms with Gasteiger partial charge in [0, 0.05) is 13.0 Å². The summed E-state index contributed by atoms with van der Waals surface area (Å²) in [7, 11) is 2.10. The van der Waals surface area contributed by atoms with E-state index in [-0.39, 0.29) is 5.41 Å². The highest BCUT2D eigenvalue weighted by Crippen LogP contribution is 2.35. The predicted octanol–water partition coefficient (Wildman–Crippen LogP) is 6.68. The van der Waals surface area contributed by atoms with Crippen LogP contribution in [0.5, 0.6) is 0 Å². The summed E-state index contributed by atoms with van der Waals surface area (Å²) in [5.41, 5.74) is 8.90. The molecule has 1 aromatic heterocycles. The van der Waals surface area contributed by atoms with E-state index in [2.05, 4.69) is 97.3 Å². The molecule has 2 aromatic carbocycles. The highest BCUT2D eigenvalue weighted by atomic mass is 14.9. The molecule has 1 heterocycles. The predicted molar refractivity (Wildman–Crippen MR) is 118 cm³/mol. The maximum atomic E-state index is 8.68. The Morgan fingerprint density at radius 2 is 1.67 bits per heavy atom. The van der Waals surface area contributed by atoms with E-state index < -0.39 is 0 Å². The van der Waals surface area contributed by atoms with E-state index in [4.69, 9.17) is 1.37 Å². The molecule has 0 saturated carbocycles. The summed E-state index contributed by atoms with van der Waals surface area (Å²) >= 11 is 0. The Kier molecular flexibility index (Phi) is 4.58. The summed E-state index contributed by atoms with van der Waals surface area (Å²) in [6.45, 7) is 17.8. The molecule has 0 N–H and O–H groups in total. The van der Waals surface area contributed by atoms with Crippen LogP contribution in [-0.4, -0.2) is 0 Å². The minimum absolute atomic E-state index is 0.0923. The van der Waals surface area contributed by atoms with E-state index >= 15 is 0 Å². The van der Waals surface area contributed by atoms with Crippen molar-refractivity contribution in [2.45, 2.75) is 66.7 Å². The topological polar surface area (TPSA) is 3.88 Å². The normalized spacial score (nSPS) is 12.7. The number of benzene rings is 2. The Labute approximate surface area is 166 Å². The maximum absolute atomic E-state index is 8.68. The van der Waals surface area contributed by atoms with Gasteiger partial charge in [-0.2, -0.15) is 4.57 Å². The van der Waals surface area contributed by atoms with Crippen LogP contribution >= 0.6 is 0 Å². The van der Waals surface area contributed by atoms with Crippen LogP contribution in [0.1, 0.15) is 69.9 Å². The number of fused-ring (bicyclic) bond motifs is 1. The average Bonchev–Trinajstić information content (AvgIpc) is 2.61. The Morgan fingerprint density at radius 3 is 2.26 bits per heavy atom. The zero-order chi connectivity index (χ0) is 21.0. The van der Waals surface area contributed by atoms with Gasteiger partial charge in [0.2, 0.25) is 5.69 Å². The van der Waals surface area contributed by atoms with Crippen LogP contribution in [0.4, 0.5) is 0 Å². The quantitative estimate of drug-likeness (QED) is 0.448. The first kappa shape index (κ1) is 18.2. The zero-order valence-electron chi connectivity index (χ0n) is 19.4. The number of rotatable bonds is 2. The number of hydrogen-bond donors (Lipinski definition) is 0. The first-order valence-corrected chi connectivity index (χ1v) is 9.98. The van der Waals surface area contributed by atoms with Crippen molar-refractivity contribution in [2.75, 3.05) is 0 Å². The molecular formula is C26H34N+. The summed E-state index contributed by atoms with van der Waals surface area (Å²) in [5, 5.41) is 2.21. The van der Waals surface area contributed by atoms with Crippen molar-refractivity contribution in [1.82, 2.24) is 0 Å². The first-order chi connectivity index (χ1) is 12.9. The number of nitrogens with zero attached hydrogens (tertiary/aromatic N) is 1. The standard InChI is InChI=1S/C26H34N/c1-16(2)20-10-11-21-13-18(4)27(9)25(24(21)14-20)23-15-22(26(6,7)8)12-17(3)19(23)5/h10-16H,1-9H3/q+1/i13D. The van der Waals surface area contributed by atoms with Gasteiger partial charge in [-0.05, 0) is 65.0 Å². The second kappa shape index (κ2) is 6.78. The van der Waals surface area contributed by atoms with Crippen molar-refractivity contribution in [2.24, 2.45) is 7.05 Å². The second-order valence-electron chi connectivity index (χ2n) is 9.29. The summed E-state index contributed by atoms with van der Waals surface area (Å²) < 4.78 is 10.9. The van der Waals surface area contributed by atoms with E-state index in [1.165, 1.54) is 38.9 Å². The van der Waals surface area contributed by atoms with Gasteiger partial charge in [-0.15, -0.1) is 0 Å². The number of hydrogen-bond acceptors (Lipinski definition) is 0. The lowest BCUT2D eigenvalue weighted by atomic mass is 9.82. The summed E-state index contributed by atoms with van der Waals surface area (Å²) in [6, 6.07) is 11.9. The number of aromatic nitrogens is 1. The molecule has 1 heteroatoms. The third-order valence-electron chi connectivity index (χ3n) is 5.91. The molecule has 0 unspecified atom stereocenters. The molecule has 27 heavy (non-hydrogen) atoms. The van der Waals surface area contributed by atoms with E-state index in [0.717, 1.165) is 11.1 Å². The molecule has 142 valence electrons. The van der Waals surface area contributed by atoms with Crippen LogP contribution in [0.3, 0.4) is 0 Å². The molecule has 0 atom stereocenters. The van der Waals surface area contributed by atoms with Crippen LogP contribution < -0.4 is 4.57 Å². The fourth-order valence-corrected chi connectivity index (χ4v) is 3.72. The van der Waals surface area contributed by atoms with Gasteiger partial charge in [0.05, 0.1) is 12.3 Å². The fourth-order valence-electron chi connectivity index (χ4n) is 3.72. The third kappa shape index (κ3) is 3.52. The Bertz CT molecular complexity index is 1070. The van der Waals surface area contributed by atoms with Crippen LogP contribution in [0, 0.1) is 20.8 Å². The lowest BCUT2D eigenvalue weighted by Crippen LogP contribution is -2.35. The van der Waals surface area contributed by atoms with Crippen LogP contribution in [0.15, 0.2) is 36.4 Å². The van der Waals surface area contributed by atoms with Gasteiger partial charge in [-0.3, -0.25) is 0 Å². The molecule has 1 nitrogen and oxygen atoms in total. The molecule has 0 bridgehead atoms. The lowest BCUT2D eigenvalue weighted by Gasteiger charge is -2.22. The minimum Gasteiger partial charge on any atom is -0.198 e. The highest BCUT2D eigenvalue weighted by molar-refractivity contribution is 5.94. The Hall–Kier alpha value is -2.15. The van der Waals surface area contributed by atoms with Crippen molar-refractivity contribution >= 4 is 10.8 Å². The largest absolute Gasteiger partial charge is 0.220 e. The molecule has 0 spiro atoms. The van der Waals surface area contributed by atoms with E-state index in [0.29, 0.717) is 12.0 Å². The molecule has 0 radical (unpaired) electrons. The summed E-state index contributed by atoms with van der Waals surface area (Å²) in [5.74, 6) is 0.460. The summed E-state index contributed by atoms with van der Waals surface area (Å²) in [6.07, 6.45) is 0. The Morgan fingerprint density at radius 1 is 1.00 bits per heavy atom. The van der Waals surface area contributed by atoms with Crippen molar-refractivity contribution < 1.29 is 5.94 Å². The molecule has 3 aromatic rings. The summed E-state index contributed by atoms with van der Waals surface area (Å²) in [4.78, 5) is 0. The third-order valence-corrected chi connectivity index (χ3v) is 5.91. The molecule has 0 aliphatic heterocycles.